The summed E-state index contributed by atoms with van der Waals surface area (Å²) >= 11 is 0. The summed E-state index contributed by atoms with van der Waals surface area (Å²) in [5, 5.41) is 4.30. The number of pyridine rings is 1. The summed E-state index contributed by atoms with van der Waals surface area (Å²) in [5.41, 5.74) is 5.81. The second-order valence-electron chi connectivity index (χ2n) is 9.19. The molecule has 1 aromatic carbocycles. The zero-order chi connectivity index (χ0) is 23.8. The van der Waals surface area contributed by atoms with Gasteiger partial charge in [0.1, 0.15) is 6.33 Å². The van der Waals surface area contributed by atoms with Crippen LogP contribution < -0.4 is 10.4 Å². The van der Waals surface area contributed by atoms with Gasteiger partial charge in [0.15, 0.2) is 11.4 Å². The van der Waals surface area contributed by atoms with E-state index in [9.17, 15) is 4.79 Å². The molecule has 4 aromatic rings. The van der Waals surface area contributed by atoms with Crippen molar-refractivity contribution in [2.45, 2.75) is 65.0 Å². The summed E-state index contributed by atoms with van der Waals surface area (Å²) < 4.78 is 9.31. The number of benzene rings is 1. The summed E-state index contributed by atoms with van der Waals surface area (Å²) in [6.07, 6.45) is 8.71. The van der Waals surface area contributed by atoms with Crippen LogP contribution in [0.5, 0.6) is 5.75 Å². The maximum absolute atomic E-state index is 13.1. The molecule has 1 aliphatic rings. The van der Waals surface area contributed by atoms with Crippen molar-refractivity contribution in [3.05, 3.63) is 46.8 Å². The largest absolute Gasteiger partial charge is 0.493 e. The van der Waals surface area contributed by atoms with Gasteiger partial charge in [0, 0.05) is 23.8 Å². The second-order valence-corrected chi connectivity index (χ2v) is 9.19. The molecule has 1 N–H and O–H groups in total. The minimum Gasteiger partial charge on any atom is -0.493 e. The number of imidazole rings is 1. The third-order valence-corrected chi connectivity index (χ3v) is 7.55. The third-order valence-electron chi connectivity index (χ3n) is 7.55. The quantitative estimate of drug-likeness (QED) is 0.439. The SMILES string of the molecule is CCc1cc2c(cc1-c1cc(OC)c3ncnn3c1)[nH]c(=O)n2[C@H]1CC[C@@H](N(CC)CC)CC1. The molecule has 8 nitrogen and oxygen atoms in total. The number of H-pyrrole nitrogens is 1. The Bertz CT molecular complexity index is 1360. The molecule has 0 radical (unpaired) electrons. The fourth-order valence-electron chi connectivity index (χ4n) is 5.75. The Kier molecular flexibility index (Phi) is 6.16. The smallest absolute Gasteiger partial charge is 0.326 e. The first-order chi connectivity index (χ1) is 16.6. The predicted molar refractivity (Wildman–Crippen MR) is 135 cm³/mol. The Hall–Kier alpha value is -3.13. The lowest BCUT2D eigenvalue weighted by Crippen LogP contribution is -2.39. The van der Waals surface area contributed by atoms with Gasteiger partial charge in [-0.05, 0) is 74.5 Å². The number of aromatic nitrogens is 5. The Morgan fingerprint density at radius 1 is 1.12 bits per heavy atom. The molecule has 3 heterocycles. The standard InChI is InChI=1S/C26H34N6O2/c1-5-17-12-23-22(14-21(17)18-13-24(34-4)25-27-16-28-31(25)15-18)29-26(33)32(23)20-10-8-19(9-11-20)30(6-2)7-3/h12-16,19-20H,5-11H2,1-4H3,(H,29,33)/t19-,20+. The number of aromatic amines is 1. The van der Waals surface area contributed by atoms with Crippen LogP contribution in [0.4, 0.5) is 0 Å². The van der Waals surface area contributed by atoms with E-state index in [0.29, 0.717) is 17.4 Å². The maximum Gasteiger partial charge on any atom is 0.326 e. The highest BCUT2D eigenvalue weighted by molar-refractivity contribution is 5.85. The zero-order valence-electron chi connectivity index (χ0n) is 20.5. The summed E-state index contributed by atoms with van der Waals surface area (Å²) in [6.45, 7) is 8.80. The summed E-state index contributed by atoms with van der Waals surface area (Å²) in [6, 6.07) is 7.16. The zero-order valence-corrected chi connectivity index (χ0v) is 20.5. The van der Waals surface area contributed by atoms with Crippen LogP contribution >= 0.6 is 0 Å². The first-order valence-electron chi connectivity index (χ1n) is 12.5. The fraction of sp³-hybridized carbons (Fsp3) is 0.500. The molecular formula is C26H34N6O2. The van der Waals surface area contributed by atoms with Gasteiger partial charge in [0.2, 0.25) is 0 Å². The van der Waals surface area contributed by atoms with Crippen molar-refractivity contribution in [2.24, 2.45) is 0 Å². The topological polar surface area (TPSA) is 80.5 Å². The highest BCUT2D eigenvalue weighted by atomic mass is 16.5. The highest BCUT2D eigenvalue weighted by Crippen LogP contribution is 2.35. The van der Waals surface area contributed by atoms with E-state index < -0.39 is 0 Å². The molecule has 0 spiro atoms. The summed E-state index contributed by atoms with van der Waals surface area (Å²) in [5.74, 6) is 0.674. The van der Waals surface area contributed by atoms with E-state index in [1.165, 1.54) is 11.9 Å². The lowest BCUT2D eigenvalue weighted by molar-refractivity contribution is 0.150. The van der Waals surface area contributed by atoms with Crippen molar-refractivity contribution < 1.29 is 4.74 Å². The van der Waals surface area contributed by atoms with E-state index in [2.05, 4.69) is 52.9 Å². The molecule has 1 aliphatic carbocycles. The van der Waals surface area contributed by atoms with Gasteiger partial charge in [-0.25, -0.2) is 14.3 Å². The lowest BCUT2D eigenvalue weighted by atomic mass is 9.89. The first kappa shape index (κ1) is 22.7. The Balaban J connectivity index is 1.54. The number of nitrogens with one attached hydrogen (secondary N) is 1. The molecular weight excluding hydrogens is 428 g/mol. The molecule has 0 unspecified atom stereocenters. The molecule has 0 saturated heterocycles. The number of hydrogen-bond acceptors (Lipinski definition) is 5. The van der Waals surface area contributed by atoms with E-state index in [1.807, 2.05) is 16.8 Å². The summed E-state index contributed by atoms with van der Waals surface area (Å²) in [7, 11) is 1.64. The van der Waals surface area contributed by atoms with E-state index in [1.54, 1.807) is 11.6 Å². The Labute approximate surface area is 199 Å². The van der Waals surface area contributed by atoms with Crippen molar-refractivity contribution in [1.29, 1.82) is 0 Å². The van der Waals surface area contributed by atoms with Crippen molar-refractivity contribution in [3.63, 3.8) is 0 Å². The average Bonchev–Trinajstić information content (AvgIpc) is 3.47. The Morgan fingerprint density at radius 2 is 1.88 bits per heavy atom. The van der Waals surface area contributed by atoms with E-state index in [4.69, 9.17) is 4.74 Å². The van der Waals surface area contributed by atoms with Gasteiger partial charge in [0.05, 0.1) is 18.1 Å². The predicted octanol–water partition coefficient (Wildman–Crippen LogP) is 4.44. The van der Waals surface area contributed by atoms with Crippen LogP contribution in [0.15, 0.2) is 35.5 Å². The van der Waals surface area contributed by atoms with Crippen LogP contribution in [0.1, 0.15) is 58.1 Å². The van der Waals surface area contributed by atoms with Gasteiger partial charge >= 0.3 is 5.69 Å². The summed E-state index contributed by atoms with van der Waals surface area (Å²) in [4.78, 5) is 23.1. The van der Waals surface area contributed by atoms with Gasteiger partial charge in [-0.2, -0.15) is 5.10 Å². The highest BCUT2D eigenvalue weighted by Gasteiger charge is 2.27. The molecule has 0 aliphatic heterocycles. The number of ether oxygens (including phenoxy) is 1. The van der Waals surface area contributed by atoms with Crippen LogP contribution in [0.3, 0.4) is 0 Å². The first-order valence-corrected chi connectivity index (χ1v) is 12.5. The van der Waals surface area contributed by atoms with Crippen LogP contribution in [-0.4, -0.2) is 55.3 Å². The molecule has 3 aromatic heterocycles. The monoisotopic (exact) mass is 462 g/mol. The number of fused-ring (bicyclic) bond motifs is 2. The van der Waals surface area contributed by atoms with Gasteiger partial charge in [-0.15, -0.1) is 0 Å². The molecule has 1 saturated carbocycles. The molecule has 0 atom stereocenters. The number of methoxy groups -OCH3 is 1. The van der Waals surface area contributed by atoms with Gasteiger partial charge in [-0.3, -0.25) is 4.57 Å². The van der Waals surface area contributed by atoms with E-state index >= 15 is 0 Å². The van der Waals surface area contributed by atoms with Gasteiger partial charge < -0.3 is 14.6 Å². The van der Waals surface area contributed by atoms with Crippen molar-refractivity contribution >= 4 is 16.7 Å². The number of aryl methyl sites for hydroxylation is 1. The Morgan fingerprint density at radius 3 is 2.56 bits per heavy atom. The second kappa shape index (κ2) is 9.25. The minimum atomic E-state index is -0.00944. The van der Waals surface area contributed by atoms with Crippen LogP contribution in [0, 0.1) is 0 Å². The maximum atomic E-state index is 13.1. The number of nitrogens with zero attached hydrogens (tertiary/aromatic N) is 5. The van der Waals surface area contributed by atoms with Gasteiger partial charge in [-0.1, -0.05) is 20.8 Å². The van der Waals surface area contributed by atoms with Crippen molar-refractivity contribution in [3.8, 4) is 16.9 Å². The van der Waals surface area contributed by atoms with Gasteiger partial charge in [0.25, 0.3) is 0 Å². The van der Waals surface area contributed by atoms with Crippen molar-refractivity contribution in [1.82, 2.24) is 29.0 Å². The molecule has 1 fully saturated rings. The van der Waals surface area contributed by atoms with Crippen LogP contribution in [0.2, 0.25) is 0 Å². The molecule has 0 amide bonds. The molecule has 8 heteroatoms. The van der Waals surface area contributed by atoms with Crippen molar-refractivity contribution in [2.75, 3.05) is 20.2 Å². The molecule has 180 valence electrons. The number of rotatable bonds is 7. The number of hydrogen-bond donors (Lipinski definition) is 1. The van der Waals surface area contributed by atoms with Crippen LogP contribution in [-0.2, 0) is 6.42 Å². The minimum absolute atomic E-state index is 0.00944. The third kappa shape index (κ3) is 3.79. The lowest BCUT2D eigenvalue weighted by Gasteiger charge is -2.36. The fourth-order valence-corrected chi connectivity index (χ4v) is 5.75. The van der Waals surface area contributed by atoms with E-state index in [0.717, 1.165) is 67.4 Å². The molecule has 34 heavy (non-hydrogen) atoms. The van der Waals surface area contributed by atoms with Crippen LogP contribution in [0.25, 0.3) is 27.8 Å². The normalized spacial score (nSPS) is 18.9. The molecule has 5 rings (SSSR count). The molecule has 0 bridgehead atoms. The average molecular weight is 463 g/mol. The van der Waals surface area contributed by atoms with E-state index in [-0.39, 0.29) is 11.7 Å².